The zero-order valence-corrected chi connectivity index (χ0v) is 13.7. The molecule has 0 saturated heterocycles. The molecule has 8 heteroatoms. The van der Waals surface area contributed by atoms with E-state index in [9.17, 15) is 13.6 Å². The van der Waals surface area contributed by atoms with Crippen molar-refractivity contribution in [3.63, 3.8) is 0 Å². The minimum absolute atomic E-state index is 0.0253. The summed E-state index contributed by atoms with van der Waals surface area (Å²) < 4.78 is 39.0. The predicted octanol–water partition coefficient (Wildman–Crippen LogP) is 3.12. The lowest BCUT2D eigenvalue weighted by Gasteiger charge is -2.29. The Labute approximate surface area is 141 Å². The average Bonchev–Trinajstić information content (AvgIpc) is 2.55. The van der Waals surface area contributed by atoms with Crippen molar-refractivity contribution >= 4 is 23.2 Å². The summed E-state index contributed by atoms with van der Waals surface area (Å²) >= 11 is 5.82. The SMILES string of the molecule is COc1cc(OC)c(F)c(N2Cc3cnc(Cl)cc3CC2=O)c1F. The molecule has 0 spiro atoms. The number of fused-ring (bicyclic) bond motifs is 1. The van der Waals surface area contributed by atoms with Crippen molar-refractivity contribution in [2.45, 2.75) is 13.0 Å². The van der Waals surface area contributed by atoms with E-state index in [-0.39, 0.29) is 29.6 Å². The minimum Gasteiger partial charge on any atom is -0.493 e. The van der Waals surface area contributed by atoms with Crippen LogP contribution in [0.1, 0.15) is 11.1 Å². The molecule has 24 heavy (non-hydrogen) atoms. The number of benzene rings is 1. The Morgan fingerprint density at radius 3 is 2.33 bits per heavy atom. The molecule has 1 aromatic heterocycles. The van der Waals surface area contributed by atoms with Crippen molar-refractivity contribution in [2.24, 2.45) is 0 Å². The normalized spacial score (nSPS) is 13.7. The fraction of sp³-hybridized carbons (Fsp3) is 0.250. The second-order valence-corrected chi connectivity index (χ2v) is 5.58. The standard InChI is InChI=1S/C16H13ClF2N2O3/c1-23-10-5-11(24-2)15(19)16(14(10)18)21-7-9-6-20-12(17)3-8(9)4-13(21)22/h3,5-6H,4,7H2,1-2H3. The fourth-order valence-corrected chi connectivity index (χ4v) is 2.81. The lowest BCUT2D eigenvalue weighted by Crippen LogP contribution is -2.37. The minimum atomic E-state index is -0.963. The molecule has 0 fully saturated rings. The molecule has 1 aliphatic heterocycles. The third-order valence-electron chi connectivity index (χ3n) is 3.84. The van der Waals surface area contributed by atoms with Crippen molar-refractivity contribution in [3.05, 3.63) is 46.2 Å². The van der Waals surface area contributed by atoms with E-state index in [2.05, 4.69) is 4.98 Å². The maximum absolute atomic E-state index is 14.6. The van der Waals surface area contributed by atoms with E-state index in [1.165, 1.54) is 20.4 Å². The maximum Gasteiger partial charge on any atom is 0.231 e. The highest BCUT2D eigenvalue weighted by Gasteiger charge is 2.32. The molecule has 0 bridgehead atoms. The van der Waals surface area contributed by atoms with E-state index in [1.807, 2.05) is 0 Å². The summed E-state index contributed by atoms with van der Waals surface area (Å²) in [5.74, 6) is -2.81. The lowest BCUT2D eigenvalue weighted by molar-refractivity contribution is -0.118. The number of rotatable bonds is 3. The smallest absolute Gasteiger partial charge is 0.231 e. The van der Waals surface area contributed by atoms with Crippen LogP contribution in [0, 0.1) is 11.6 Å². The van der Waals surface area contributed by atoms with Crippen LogP contribution in [-0.2, 0) is 17.8 Å². The van der Waals surface area contributed by atoms with Crippen LogP contribution in [-0.4, -0.2) is 25.1 Å². The Morgan fingerprint density at radius 1 is 1.12 bits per heavy atom. The van der Waals surface area contributed by atoms with Crippen LogP contribution in [0.5, 0.6) is 11.5 Å². The highest BCUT2D eigenvalue weighted by molar-refractivity contribution is 6.29. The quantitative estimate of drug-likeness (QED) is 0.795. The molecule has 1 amide bonds. The Kier molecular flexibility index (Phi) is 4.28. The Hall–Kier alpha value is -2.41. The third kappa shape index (κ3) is 2.65. The molecule has 0 saturated carbocycles. The number of amides is 1. The Bertz CT molecular complexity index is 801. The first-order valence-electron chi connectivity index (χ1n) is 7.00. The summed E-state index contributed by atoms with van der Waals surface area (Å²) in [4.78, 5) is 17.4. The highest BCUT2D eigenvalue weighted by atomic mass is 35.5. The number of nitrogens with zero attached hydrogens (tertiary/aromatic N) is 2. The van der Waals surface area contributed by atoms with Gasteiger partial charge in [-0.3, -0.25) is 4.79 Å². The number of ether oxygens (including phenoxy) is 2. The second kappa shape index (κ2) is 6.24. The van der Waals surface area contributed by atoms with Gasteiger partial charge in [-0.05, 0) is 17.2 Å². The monoisotopic (exact) mass is 354 g/mol. The van der Waals surface area contributed by atoms with E-state index >= 15 is 0 Å². The van der Waals surface area contributed by atoms with Crippen LogP contribution in [0.25, 0.3) is 0 Å². The van der Waals surface area contributed by atoms with Gasteiger partial charge >= 0.3 is 0 Å². The van der Waals surface area contributed by atoms with Crippen molar-refractivity contribution in [1.82, 2.24) is 4.98 Å². The number of hydrogen-bond acceptors (Lipinski definition) is 4. The molecule has 1 aromatic carbocycles. The second-order valence-electron chi connectivity index (χ2n) is 5.19. The lowest BCUT2D eigenvalue weighted by atomic mass is 10.0. The zero-order chi connectivity index (χ0) is 17.4. The number of pyridine rings is 1. The first-order valence-corrected chi connectivity index (χ1v) is 7.37. The molecule has 5 nitrogen and oxygen atoms in total. The summed E-state index contributed by atoms with van der Waals surface area (Å²) in [7, 11) is 2.50. The van der Waals surface area contributed by atoms with Gasteiger partial charge in [-0.2, -0.15) is 0 Å². The summed E-state index contributed by atoms with van der Waals surface area (Å²) in [6.45, 7) is -0.0253. The number of hydrogen-bond donors (Lipinski definition) is 0. The topological polar surface area (TPSA) is 51.7 Å². The number of carbonyl (C=O) groups is 1. The third-order valence-corrected chi connectivity index (χ3v) is 4.05. The van der Waals surface area contributed by atoms with Gasteiger partial charge in [0.25, 0.3) is 0 Å². The predicted molar refractivity (Wildman–Crippen MR) is 83.6 cm³/mol. The number of anilines is 1. The molecule has 0 unspecified atom stereocenters. The van der Waals surface area contributed by atoms with Gasteiger partial charge in [0.1, 0.15) is 10.8 Å². The Balaban J connectivity index is 2.12. The largest absolute Gasteiger partial charge is 0.493 e. The number of aromatic nitrogens is 1. The first-order chi connectivity index (χ1) is 11.5. The molecule has 0 atom stereocenters. The van der Waals surface area contributed by atoms with Gasteiger partial charge in [-0.1, -0.05) is 11.6 Å². The molecule has 0 N–H and O–H groups in total. The van der Waals surface area contributed by atoms with Gasteiger partial charge < -0.3 is 14.4 Å². The van der Waals surface area contributed by atoms with E-state index < -0.39 is 23.2 Å². The first kappa shape index (κ1) is 16.4. The van der Waals surface area contributed by atoms with E-state index in [4.69, 9.17) is 21.1 Å². The summed E-state index contributed by atoms with van der Waals surface area (Å²) in [6.07, 6.45) is 1.46. The average molecular weight is 355 g/mol. The molecular formula is C16H13ClF2N2O3. The molecule has 0 radical (unpaired) electrons. The van der Waals surface area contributed by atoms with Gasteiger partial charge in [-0.25, -0.2) is 13.8 Å². The molecular weight excluding hydrogens is 342 g/mol. The number of methoxy groups -OCH3 is 2. The van der Waals surface area contributed by atoms with Crippen molar-refractivity contribution in [3.8, 4) is 11.5 Å². The molecule has 1 aliphatic rings. The van der Waals surface area contributed by atoms with E-state index in [0.29, 0.717) is 11.1 Å². The van der Waals surface area contributed by atoms with Crippen LogP contribution in [0.4, 0.5) is 14.5 Å². The Morgan fingerprint density at radius 2 is 1.75 bits per heavy atom. The van der Waals surface area contributed by atoms with Gasteiger partial charge in [0.15, 0.2) is 23.1 Å². The number of halogens is 3. The van der Waals surface area contributed by atoms with Crippen molar-refractivity contribution in [2.75, 3.05) is 19.1 Å². The molecule has 2 heterocycles. The van der Waals surface area contributed by atoms with Crippen LogP contribution in [0.2, 0.25) is 5.15 Å². The summed E-state index contributed by atoms with van der Waals surface area (Å²) in [5, 5.41) is 0.260. The maximum atomic E-state index is 14.6. The van der Waals surface area contributed by atoms with E-state index in [1.54, 1.807) is 6.07 Å². The molecule has 2 aromatic rings. The van der Waals surface area contributed by atoms with Gasteiger partial charge in [0.05, 0.1) is 27.2 Å². The van der Waals surface area contributed by atoms with Crippen LogP contribution in [0.3, 0.4) is 0 Å². The van der Waals surface area contributed by atoms with Crippen molar-refractivity contribution < 1.29 is 23.0 Å². The highest BCUT2D eigenvalue weighted by Crippen LogP contribution is 2.39. The van der Waals surface area contributed by atoms with E-state index in [0.717, 1.165) is 11.0 Å². The van der Waals surface area contributed by atoms with Gasteiger partial charge in [0, 0.05) is 12.3 Å². The number of carbonyl (C=O) groups excluding carboxylic acids is 1. The fourth-order valence-electron chi connectivity index (χ4n) is 2.63. The van der Waals surface area contributed by atoms with Gasteiger partial charge in [-0.15, -0.1) is 0 Å². The zero-order valence-electron chi connectivity index (χ0n) is 12.9. The van der Waals surface area contributed by atoms with Crippen molar-refractivity contribution in [1.29, 1.82) is 0 Å². The summed E-state index contributed by atoms with van der Waals surface area (Å²) in [6, 6.07) is 2.67. The molecule has 0 aliphatic carbocycles. The van der Waals surface area contributed by atoms with Crippen LogP contribution < -0.4 is 14.4 Å². The molecule has 3 rings (SSSR count). The van der Waals surface area contributed by atoms with Gasteiger partial charge in [0.2, 0.25) is 5.91 Å². The summed E-state index contributed by atoms with van der Waals surface area (Å²) in [5.41, 5.74) is 0.850. The van der Waals surface area contributed by atoms with Crippen LogP contribution in [0.15, 0.2) is 18.3 Å². The van der Waals surface area contributed by atoms with Crippen LogP contribution >= 0.6 is 11.6 Å². The molecule has 126 valence electrons.